The van der Waals surface area contributed by atoms with Gasteiger partial charge in [0, 0.05) is 35.1 Å². The van der Waals surface area contributed by atoms with E-state index in [0.29, 0.717) is 46.5 Å². The fraction of sp³-hybridized carbons (Fsp3) is 0.778. The molecule has 236 valence electrons. The number of benzene rings is 1. The molecular weight excluding hydrogens is 554 g/mol. The minimum absolute atomic E-state index is 0.0697. The highest BCUT2D eigenvalue weighted by Crippen LogP contribution is 2.70. The number of hydrogen-bond acceptors (Lipinski definition) is 5. The Morgan fingerprint density at radius 2 is 1.79 bits per heavy atom. The molecular formula is C36H53N3O3S. The second-order valence-electron chi connectivity index (χ2n) is 15.9. The molecule has 1 aromatic carbocycles. The molecule has 0 aromatic heterocycles. The predicted molar refractivity (Wildman–Crippen MR) is 176 cm³/mol. The van der Waals surface area contributed by atoms with Crippen LogP contribution in [0, 0.1) is 66.1 Å². The van der Waals surface area contributed by atoms with Crippen molar-refractivity contribution >= 4 is 28.7 Å². The molecule has 2 heterocycles. The first-order valence-corrected chi connectivity index (χ1v) is 17.6. The van der Waals surface area contributed by atoms with Gasteiger partial charge in [-0.25, -0.2) is 0 Å². The first-order chi connectivity index (χ1) is 20.5. The molecule has 6 nitrogen and oxygen atoms in total. The first kappa shape index (κ1) is 30.1. The first-order valence-electron chi connectivity index (χ1n) is 17.2. The molecule has 0 unspecified atom stereocenters. The largest absolute Gasteiger partial charge is 0.393 e. The molecule has 12 atom stereocenters. The molecule has 4 aliphatic carbocycles. The molecule has 1 spiro atoms. The number of hydrogen-bond donors (Lipinski definition) is 3. The van der Waals surface area contributed by atoms with E-state index >= 15 is 0 Å². The van der Waals surface area contributed by atoms with Crippen molar-refractivity contribution in [2.75, 3.05) is 11.9 Å². The summed E-state index contributed by atoms with van der Waals surface area (Å²) in [6.45, 7) is 14.8. The molecule has 1 aromatic rings. The number of nitrogens with zero attached hydrogens (tertiary/aromatic N) is 1. The van der Waals surface area contributed by atoms with Crippen LogP contribution in [0.2, 0.25) is 0 Å². The van der Waals surface area contributed by atoms with Gasteiger partial charge in [0.05, 0.1) is 18.8 Å². The summed E-state index contributed by atoms with van der Waals surface area (Å²) in [4.78, 5) is 0. The summed E-state index contributed by atoms with van der Waals surface area (Å²) in [7, 11) is 0. The molecule has 0 bridgehead atoms. The van der Waals surface area contributed by atoms with Crippen molar-refractivity contribution in [2.45, 2.75) is 117 Å². The number of aryl methyl sites for hydroxylation is 2. The van der Waals surface area contributed by atoms with Gasteiger partial charge >= 0.3 is 0 Å². The van der Waals surface area contributed by atoms with E-state index in [0.717, 1.165) is 50.8 Å². The molecule has 6 aliphatic rings. The van der Waals surface area contributed by atoms with E-state index in [2.05, 4.69) is 70.5 Å². The molecule has 2 aliphatic heterocycles. The Morgan fingerprint density at radius 3 is 2.51 bits per heavy atom. The van der Waals surface area contributed by atoms with Gasteiger partial charge in [-0.05, 0) is 124 Å². The Kier molecular flexibility index (Phi) is 7.55. The number of hydrazone groups is 1. The maximum Gasteiger partial charge on any atom is 0.191 e. The lowest BCUT2D eigenvalue weighted by Crippen LogP contribution is -2.58. The summed E-state index contributed by atoms with van der Waals surface area (Å²) in [5.41, 5.74) is 8.21. The van der Waals surface area contributed by atoms with Crippen molar-refractivity contribution < 1.29 is 14.6 Å². The standard InChI is InChI=1S/C36H53N3O3S/c1-20-12-15-36(41-19-20)23(4)31-29(42-36)17-28-26-11-10-24-16-25(40)13-14-34(24,5)27(26)18-30(35(28,31)6)38-39-33(43)37-32-21(2)8-7-9-22(32)3/h7-9,20,23-29,31,40H,10-19H2,1-6H3,(H2,37,39,43)/b38-30+/t20-,23+,24+,25+,26-,27+,28+,29+,31+,34+,35-,36-/m1/s1. The van der Waals surface area contributed by atoms with Gasteiger partial charge in [-0.1, -0.05) is 45.9 Å². The Labute approximate surface area is 264 Å². The van der Waals surface area contributed by atoms with Gasteiger partial charge in [-0.15, -0.1) is 0 Å². The average Bonchev–Trinajstić information content (AvgIpc) is 3.42. The number of fused-ring (bicyclic) bond motifs is 7. The van der Waals surface area contributed by atoms with Crippen LogP contribution in [0.4, 0.5) is 5.69 Å². The zero-order chi connectivity index (χ0) is 30.3. The maximum atomic E-state index is 10.6. The van der Waals surface area contributed by atoms with Crippen LogP contribution in [-0.4, -0.2) is 40.5 Å². The van der Waals surface area contributed by atoms with Gasteiger partial charge in [-0.3, -0.25) is 5.43 Å². The minimum atomic E-state index is -0.451. The fourth-order valence-electron chi connectivity index (χ4n) is 11.4. The highest BCUT2D eigenvalue weighted by molar-refractivity contribution is 7.80. The molecule has 7 rings (SSSR count). The monoisotopic (exact) mass is 607 g/mol. The molecule has 4 saturated carbocycles. The Balaban J connectivity index is 1.23. The number of aliphatic hydroxyl groups excluding tert-OH is 1. The molecule has 6 fully saturated rings. The summed E-state index contributed by atoms with van der Waals surface area (Å²) >= 11 is 5.85. The molecule has 2 saturated heterocycles. The smallest absolute Gasteiger partial charge is 0.191 e. The number of aliphatic hydroxyl groups is 1. The number of nitrogens with one attached hydrogen (secondary N) is 2. The number of thiocarbonyl (C=S) groups is 1. The Bertz CT molecular complexity index is 1270. The van der Waals surface area contributed by atoms with Crippen molar-refractivity contribution in [3.63, 3.8) is 0 Å². The van der Waals surface area contributed by atoms with E-state index < -0.39 is 5.79 Å². The van der Waals surface area contributed by atoms with Gasteiger partial charge in [0.2, 0.25) is 0 Å². The van der Waals surface area contributed by atoms with Crippen LogP contribution in [0.25, 0.3) is 0 Å². The van der Waals surface area contributed by atoms with E-state index in [4.69, 9.17) is 26.8 Å². The molecule has 0 amide bonds. The van der Waals surface area contributed by atoms with Gasteiger partial charge < -0.3 is 19.9 Å². The van der Waals surface area contributed by atoms with Crippen LogP contribution < -0.4 is 10.7 Å². The fourth-order valence-corrected chi connectivity index (χ4v) is 11.5. The minimum Gasteiger partial charge on any atom is -0.393 e. The van der Waals surface area contributed by atoms with Crippen LogP contribution in [0.1, 0.15) is 96.6 Å². The molecule has 43 heavy (non-hydrogen) atoms. The van der Waals surface area contributed by atoms with Crippen molar-refractivity contribution in [1.29, 1.82) is 0 Å². The Hall–Kier alpha value is -1.54. The van der Waals surface area contributed by atoms with Gasteiger partial charge in [0.15, 0.2) is 10.9 Å². The van der Waals surface area contributed by atoms with Crippen LogP contribution in [0.15, 0.2) is 23.3 Å². The maximum absolute atomic E-state index is 10.6. The van der Waals surface area contributed by atoms with Crippen molar-refractivity contribution in [2.24, 2.45) is 57.4 Å². The van der Waals surface area contributed by atoms with Crippen molar-refractivity contribution in [3.8, 4) is 0 Å². The van der Waals surface area contributed by atoms with Crippen LogP contribution >= 0.6 is 12.2 Å². The van der Waals surface area contributed by atoms with Crippen molar-refractivity contribution in [1.82, 2.24) is 5.43 Å². The third-order valence-electron chi connectivity index (χ3n) is 13.8. The van der Waals surface area contributed by atoms with Crippen LogP contribution in [0.5, 0.6) is 0 Å². The number of rotatable bonds is 2. The Morgan fingerprint density at radius 1 is 1.02 bits per heavy atom. The summed E-state index contributed by atoms with van der Waals surface area (Å²) in [5, 5.41) is 19.9. The molecule has 0 radical (unpaired) electrons. The molecule has 7 heteroatoms. The van der Waals surface area contributed by atoms with E-state index in [9.17, 15) is 5.11 Å². The lowest BCUT2D eigenvalue weighted by atomic mass is 9.44. The van der Waals surface area contributed by atoms with Crippen LogP contribution in [-0.2, 0) is 9.47 Å². The number of anilines is 1. The summed E-state index contributed by atoms with van der Waals surface area (Å²) in [6, 6.07) is 6.31. The highest BCUT2D eigenvalue weighted by Gasteiger charge is 2.71. The summed E-state index contributed by atoms with van der Waals surface area (Å²) < 4.78 is 13.7. The lowest BCUT2D eigenvalue weighted by Gasteiger charge is -2.61. The van der Waals surface area contributed by atoms with E-state index in [-0.39, 0.29) is 23.0 Å². The van der Waals surface area contributed by atoms with E-state index in [1.165, 1.54) is 36.1 Å². The normalized spacial score (nSPS) is 47.9. The number of ether oxygens (including phenoxy) is 2. The van der Waals surface area contributed by atoms with Gasteiger partial charge in [0.1, 0.15) is 0 Å². The van der Waals surface area contributed by atoms with Crippen LogP contribution in [0.3, 0.4) is 0 Å². The van der Waals surface area contributed by atoms with Gasteiger partial charge in [0.25, 0.3) is 0 Å². The third-order valence-corrected chi connectivity index (χ3v) is 14.0. The van der Waals surface area contributed by atoms with E-state index in [1.807, 2.05) is 0 Å². The predicted octanol–water partition coefficient (Wildman–Crippen LogP) is 7.36. The quantitative estimate of drug-likeness (QED) is 0.241. The topological polar surface area (TPSA) is 75.1 Å². The summed E-state index contributed by atoms with van der Waals surface area (Å²) in [5.74, 6) is 3.22. The second kappa shape index (κ2) is 10.8. The van der Waals surface area contributed by atoms with Crippen molar-refractivity contribution in [3.05, 3.63) is 29.3 Å². The highest BCUT2D eigenvalue weighted by atomic mass is 32.1. The number of para-hydroxylation sites is 1. The lowest BCUT2D eigenvalue weighted by molar-refractivity contribution is -0.272. The third kappa shape index (κ3) is 4.65. The SMILES string of the molecule is Cc1cccc(C)c1NC(=S)N/N=C1\C[C@H]2[C@@H](CC[C@H]3C[C@@H](O)CC[C@@]32C)[C@@H]2C[C@@H]3O[C@]4(CC[C@@H](C)CO4)[C@@H](C)[C@@H]3[C@@]12C. The second-order valence-corrected chi connectivity index (χ2v) is 16.3. The zero-order valence-corrected chi connectivity index (χ0v) is 27.9. The zero-order valence-electron chi connectivity index (χ0n) is 27.1. The average molecular weight is 608 g/mol. The van der Waals surface area contributed by atoms with Gasteiger partial charge in [-0.2, -0.15) is 5.10 Å². The molecule has 3 N–H and O–H groups in total. The summed E-state index contributed by atoms with van der Waals surface area (Å²) in [6.07, 6.45) is 9.84. The van der Waals surface area contributed by atoms with E-state index in [1.54, 1.807) is 0 Å².